The summed E-state index contributed by atoms with van der Waals surface area (Å²) in [5.41, 5.74) is 3.46. The van der Waals surface area contributed by atoms with Gasteiger partial charge in [0.1, 0.15) is 23.9 Å². The molecule has 32 heavy (non-hydrogen) atoms. The maximum Gasteiger partial charge on any atom is 0.291 e. The quantitative estimate of drug-likeness (QED) is 0.426. The number of methoxy groups -OCH3 is 1. The zero-order valence-corrected chi connectivity index (χ0v) is 18.3. The van der Waals surface area contributed by atoms with Gasteiger partial charge in [0.05, 0.1) is 30.7 Å². The average Bonchev–Trinajstić information content (AvgIpc) is 3.39. The number of amides is 1. The van der Waals surface area contributed by atoms with E-state index in [9.17, 15) is 4.79 Å². The number of anilines is 1. The van der Waals surface area contributed by atoms with Crippen molar-refractivity contribution in [2.45, 2.75) is 27.0 Å². The fraction of sp³-hybridized carbons (Fsp3) is 0.200. The standard InChI is InChI=1S/C25H25N3O4/c1-17-24(18(2)28(27-17)15-19-8-5-4-6-9-19)26-25(29)23-13-12-22(32-23)16-31-21-11-7-10-20(14-21)30-3/h4-14H,15-16H2,1-3H3,(H,26,29). The smallest absolute Gasteiger partial charge is 0.291 e. The number of hydrogen-bond acceptors (Lipinski definition) is 5. The molecule has 0 saturated heterocycles. The van der Waals surface area contributed by atoms with Crippen LogP contribution in [0.3, 0.4) is 0 Å². The van der Waals surface area contributed by atoms with Crippen molar-refractivity contribution in [1.82, 2.24) is 9.78 Å². The molecule has 7 heteroatoms. The molecule has 164 valence electrons. The third kappa shape index (κ3) is 4.83. The molecule has 0 saturated carbocycles. The molecule has 0 atom stereocenters. The highest BCUT2D eigenvalue weighted by Crippen LogP contribution is 2.23. The van der Waals surface area contributed by atoms with Gasteiger partial charge in [0, 0.05) is 6.07 Å². The summed E-state index contributed by atoms with van der Waals surface area (Å²) in [5.74, 6) is 1.79. The third-order valence-electron chi connectivity index (χ3n) is 5.10. The number of rotatable bonds is 8. The van der Waals surface area contributed by atoms with Crippen molar-refractivity contribution in [3.63, 3.8) is 0 Å². The van der Waals surface area contributed by atoms with E-state index < -0.39 is 0 Å². The molecule has 0 radical (unpaired) electrons. The van der Waals surface area contributed by atoms with Gasteiger partial charge in [-0.1, -0.05) is 36.4 Å². The van der Waals surface area contributed by atoms with Gasteiger partial charge in [-0.05, 0) is 43.7 Å². The number of nitrogens with zero attached hydrogens (tertiary/aromatic N) is 2. The molecule has 0 fully saturated rings. The van der Waals surface area contributed by atoms with Gasteiger partial charge in [0.2, 0.25) is 0 Å². The first-order valence-corrected chi connectivity index (χ1v) is 10.3. The number of ether oxygens (including phenoxy) is 2. The average molecular weight is 431 g/mol. The van der Waals surface area contributed by atoms with E-state index in [-0.39, 0.29) is 18.3 Å². The van der Waals surface area contributed by atoms with E-state index in [1.54, 1.807) is 25.3 Å². The molecule has 0 aliphatic rings. The maximum atomic E-state index is 12.8. The Labute approximate surface area is 186 Å². The van der Waals surface area contributed by atoms with E-state index in [4.69, 9.17) is 13.9 Å². The van der Waals surface area contributed by atoms with E-state index in [1.165, 1.54) is 0 Å². The number of aryl methyl sites for hydroxylation is 1. The largest absolute Gasteiger partial charge is 0.497 e. The minimum atomic E-state index is -0.330. The summed E-state index contributed by atoms with van der Waals surface area (Å²) in [6.45, 7) is 4.65. The van der Waals surface area contributed by atoms with Crippen LogP contribution in [0, 0.1) is 13.8 Å². The summed E-state index contributed by atoms with van der Waals surface area (Å²) < 4.78 is 18.5. The first kappa shape index (κ1) is 21.2. The number of benzene rings is 2. The molecule has 0 bridgehead atoms. The van der Waals surface area contributed by atoms with E-state index in [1.807, 2.05) is 67.1 Å². The highest BCUT2D eigenvalue weighted by Gasteiger charge is 2.18. The minimum Gasteiger partial charge on any atom is -0.497 e. The van der Waals surface area contributed by atoms with Crippen LogP contribution in [-0.2, 0) is 13.2 Å². The second-order valence-electron chi connectivity index (χ2n) is 7.38. The molecule has 0 unspecified atom stereocenters. The summed E-state index contributed by atoms with van der Waals surface area (Å²) in [6, 6.07) is 20.7. The Morgan fingerprint density at radius 2 is 1.81 bits per heavy atom. The molecule has 0 spiro atoms. The monoisotopic (exact) mass is 431 g/mol. The molecule has 0 aliphatic heterocycles. The molecule has 2 heterocycles. The number of carbonyl (C=O) groups is 1. The van der Waals surface area contributed by atoms with Gasteiger partial charge in [-0.15, -0.1) is 0 Å². The van der Waals surface area contributed by atoms with Crippen molar-refractivity contribution in [3.8, 4) is 11.5 Å². The van der Waals surface area contributed by atoms with E-state index in [0.29, 0.717) is 29.5 Å². The Morgan fingerprint density at radius 3 is 2.59 bits per heavy atom. The Hall–Kier alpha value is -4.00. The predicted molar refractivity (Wildman–Crippen MR) is 121 cm³/mol. The Bertz CT molecular complexity index is 1210. The molecule has 1 amide bonds. The van der Waals surface area contributed by atoms with Gasteiger partial charge < -0.3 is 19.2 Å². The molecule has 1 N–H and O–H groups in total. The van der Waals surface area contributed by atoms with Crippen LogP contribution in [0.5, 0.6) is 11.5 Å². The molecule has 4 rings (SSSR count). The lowest BCUT2D eigenvalue weighted by atomic mass is 10.2. The number of furan rings is 1. The lowest BCUT2D eigenvalue weighted by molar-refractivity contribution is 0.0992. The lowest BCUT2D eigenvalue weighted by Crippen LogP contribution is -2.12. The van der Waals surface area contributed by atoms with Crippen molar-refractivity contribution >= 4 is 11.6 Å². The highest BCUT2D eigenvalue weighted by molar-refractivity contribution is 6.02. The summed E-state index contributed by atoms with van der Waals surface area (Å²) in [5, 5.41) is 7.51. The van der Waals surface area contributed by atoms with Crippen LogP contribution in [-0.4, -0.2) is 22.8 Å². The van der Waals surface area contributed by atoms with Gasteiger partial charge in [-0.3, -0.25) is 9.48 Å². The molecule has 4 aromatic rings. The van der Waals surface area contributed by atoms with Crippen LogP contribution in [0.2, 0.25) is 0 Å². The van der Waals surface area contributed by atoms with Gasteiger partial charge in [-0.25, -0.2) is 0 Å². The van der Waals surface area contributed by atoms with Crippen LogP contribution in [0.15, 0.2) is 71.1 Å². The topological polar surface area (TPSA) is 78.5 Å². The third-order valence-corrected chi connectivity index (χ3v) is 5.10. The summed E-state index contributed by atoms with van der Waals surface area (Å²) in [6.07, 6.45) is 0. The Balaban J connectivity index is 1.41. The van der Waals surface area contributed by atoms with Crippen molar-refractivity contribution in [3.05, 3.63) is 95.2 Å². The van der Waals surface area contributed by atoms with Gasteiger partial charge in [0.15, 0.2) is 5.76 Å². The zero-order chi connectivity index (χ0) is 22.5. The van der Waals surface area contributed by atoms with Crippen molar-refractivity contribution in [2.75, 3.05) is 12.4 Å². The number of hydrogen-bond donors (Lipinski definition) is 1. The second kappa shape index (κ2) is 9.43. The van der Waals surface area contributed by atoms with Crippen molar-refractivity contribution in [1.29, 1.82) is 0 Å². The first-order chi connectivity index (χ1) is 15.5. The number of aromatic nitrogens is 2. The first-order valence-electron chi connectivity index (χ1n) is 10.3. The van der Waals surface area contributed by atoms with Gasteiger partial charge in [-0.2, -0.15) is 5.10 Å². The predicted octanol–water partition coefficient (Wildman–Crippen LogP) is 4.98. The van der Waals surface area contributed by atoms with Crippen molar-refractivity contribution < 1.29 is 18.7 Å². The molecule has 7 nitrogen and oxygen atoms in total. The van der Waals surface area contributed by atoms with Gasteiger partial charge >= 0.3 is 0 Å². The van der Waals surface area contributed by atoms with Crippen LogP contribution in [0.4, 0.5) is 5.69 Å². The summed E-state index contributed by atoms with van der Waals surface area (Å²) >= 11 is 0. The number of nitrogens with one attached hydrogen (secondary N) is 1. The molecular weight excluding hydrogens is 406 g/mol. The van der Waals surface area contributed by atoms with Crippen molar-refractivity contribution in [2.24, 2.45) is 0 Å². The molecule has 0 aliphatic carbocycles. The Morgan fingerprint density at radius 1 is 1.03 bits per heavy atom. The van der Waals surface area contributed by atoms with Crippen LogP contribution >= 0.6 is 0 Å². The van der Waals surface area contributed by atoms with Crippen LogP contribution < -0.4 is 14.8 Å². The zero-order valence-electron chi connectivity index (χ0n) is 18.3. The van der Waals surface area contributed by atoms with Crippen LogP contribution in [0.25, 0.3) is 0 Å². The lowest BCUT2D eigenvalue weighted by Gasteiger charge is -2.07. The fourth-order valence-corrected chi connectivity index (χ4v) is 3.39. The second-order valence-corrected chi connectivity index (χ2v) is 7.38. The minimum absolute atomic E-state index is 0.202. The number of carbonyl (C=O) groups excluding carboxylic acids is 1. The molecule has 2 aromatic carbocycles. The summed E-state index contributed by atoms with van der Waals surface area (Å²) in [7, 11) is 1.60. The fourth-order valence-electron chi connectivity index (χ4n) is 3.39. The Kier molecular flexibility index (Phi) is 6.26. The van der Waals surface area contributed by atoms with E-state index in [0.717, 1.165) is 17.0 Å². The summed E-state index contributed by atoms with van der Waals surface area (Å²) in [4.78, 5) is 12.8. The highest BCUT2D eigenvalue weighted by atomic mass is 16.5. The van der Waals surface area contributed by atoms with E-state index >= 15 is 0 Å². The van der Waals surface area contributed by atoms with E-state index in [2.05, 4.69) is 10.4 Å². The SMILES string of the molecule is COc1cccc(OCc2ccc(C(=O)Nc3c(C)nn(Cc4ccccc4)c3C)o2)c1. The van der Waals surface area contributed by atoms with Crippen LogP contribution in [0.1, 0.15) is 33.3 Å². The molecular formula is C25H25N3O4. The van der Waals surface area contributed by atoms with Gasteiger partial charge in [0.25, 0.3) is 5.91 Å². The molecule has 2 aromatic heterocycles. The maximum absolute atomic E-state index is 12.8. The normalized spacial score (nSPS) is 10.7.